The molecule has 0 saturated heterocycles. The van der Waals surface area contributed by atoms with Gasteiger partial charge in [-0.25, -0.2) is 0 Å². The van der Waals surface area contributed by atoms with E-state index in [-0.39, 0.29) is 12.3 Å². The molecule has 0 aliphatic rings. The minimum atomic E-state index is -0.733. The topological polar surface area (TPSA) is 95.1 Å². The summed E-state index contributed by atoms with van der Waals surface area (Å²) in [5, 5.41) is 19.5. The molecule has 2 rings (SSSR count). The van der Waals surface area contributed by atoms with E-state index in [4.69, 9.17) is 5.11 Å². The van der Waals surface area contributed by atoms with E-state index >= 15 is 0 Å². The SMILES string of the molecule is O=C(O)CCCCCCCNC(=O)Cc1[nH]nc2ccccc12. The van der Waals surface area contributed by atoms with Crippen molar-refractivity contribution in [2.24, 2.45) is 0 Å². The second-order valence-corrected chi connectivity index (χ2v) is 5.66. The Balaban J connectivity index is 1.59. The van der Waals surface area contributed by atoms with E-state index in [1.54, 1.807) is 0 Å². The normalized spacial score (nSPS) is 10.8. The Kier molecular flexibility index (Phi) is 6.59. The van der Waals surface area contributed by atoms with Crippen LogP contribution in [0.4, 0.5) is 0 Å². The number of benzene rings is 1. The van der Waals surface area contributed by atoms with E-state index in [0.29, 0.717) is 13.0 Å². The number of nitrogens with one attached hydrogen (secondary N) is 2. The van der Waals surface area contributed by atoms with Crippen LogP contribution in [0.15, 0.2) is 24.3 Å². The largest absolute Gasteiger partial charge is 0.481 e. The summed E-state index contributed by atoms with van der Waals surface area (Å²) in [5.74, 6) is -0.742. The number of hydrogen-bond donors (Lipinski definition) is 3. The summed E-state index contributed by atoms with van der Waals surface area (Å²) in [4.78, 5) is 22.3. The zero-order chi connectivity index (χ0) is 16.5. The van der Waals surface area contributed by atoms with Gasteiger partial charge in [0.2, 0.25) is 5.91 Å². The maximum atomic E-state index is 11.9. The van der Waals surface area contributed by atoms with Crippen molar-refractivity contribution >= 4 is 22.8 Å². The molecule has 0 fully saturated rings. The summed E-state index contributed by atoms with van der Waals surface area (Å²) >= 11 is 0. The first-order chi connectivity index (χ1) is 11.2. The Morgan fingerprint density at radius 3 is 2.65 bits per heavy atom. The van der Waals surface area contributed by atoms with E-state index in [1.165, 1.54) is 0 Å². The maximum absolute atomic E-state index is 11.9. The average molecular weight is 317 g/mol. The fourth-order valence-electron chi connectivity index (χ4n) is 2.53. The monoisotopic (exact) mass is 317 g/mol. The first-order valence-corrected chi connectivity index (χ1v) is 8.07. The number of nitrogens with zero attached hydrogens (tertiary/aromatic N) is 1. The van der Waals surface area contributed by atoms with Gasteiger partial charge in [-0.15, -0.1) is 0 Å². The fourth-order valence-corrected chi connectivity index (χ4v) is 2.53. The number of aromatic amines is 1. The van der Waals surface area contributed by atoms with E-state index in [9.17, 15) is 9.59 Å². The number of unbranched alkanes of at least 4 members (excludes halogenated alkanes) is 4. The van der Waals surface area contributed by atoms with Crippen LogP contribution in [0.5, 0.6) is 0 Å². The van der Waals surface area contributed by atoms with Gasteiger partial charge in [-0.1, -0.05) is 37.5 Å². The average Bonchev–Trinajstić information content (AvgIpc) is 2.93. The minimum absolute atomic E-state index is 0.00900. The van der Waals surface area contributed by atoms with Crippen LogP contribution < -0.4 is 5.32 Å². The molecule has 1 heterocycles. The van der Waals surface area contributed by atoms with Crippen LogP contribution in [-0.2, 0) is 16.0 Å². The third kappa shape index (κ3) is 5.73. The number of rotatable bonds is 10. The number of para-hydroxylation sites is 1. The van der Waals surface area contributed by atoms with Gasteiger partial charge in [0.25, 0.3) is 0 Å². The number of H-pyrrole nitrogens is 1. The Morgan fingerprint density at radius 1 is 1.09 bits per heavy atom. The van der Waals surface area contributed by atoms with Gasteiger partial charge in [0, 0.05) is 18.4 Å². The molecule has 0 saturated carbocycles. The number of fused-ring (bicyclic) bond motifs is 1. The highest BCUT2D eigenvalue weighted by Crippen LogP contribution is 2.15. The van der Waals surface area contributed by atoms with Gasteiger partial charge in [0.1, 0.15) is 0 Å². The standard InChI is InChI=1S/C17H23N3O3/c21-16(18-11-7-3-1-2-4-10-17(22)23)12-15-13-8-5-6-9-14(13)19-20-15/h5-6,8-9H,1-4,7,10-12H2,(H,18,21)(H,19,20)(H,22,23). The summed E-state index contributed by atoms with van der Waals surface area (Å²) in [6, 6.07) is 7.73. The third-order valence-corrected chi connectivity index (χ3v) is 3.77. The number of carboxylic acids is 1. The lowest BCUT2D eigenvalue weighted by Gasteiger charge is -2.04. The number of hydrogen-bond acceptors (Lipinski definition) is 3. The quantitative estimate of drug-likeness (QED) is 0.587. The molecule has 0 spiro atoms. The van der Waals surface area contributed by atoms with E-state index in [1.807, 2.05) is 24.3 Å². The van der Waals surface area contributed by atoms with E-state index in [2.05, 4.69) is 15.5 Å². The molecule has 23 heavy (non-hydrogen) atoms. The van der Waals surface area contributed by atoms with Crippen LogP contribution in [0.25, 0.3) is 10.9 Å². The summed E-state index contributed by atoms with van der Waals surface area (Å²) in [7, 11) is 0. The van der Waals surface area contributed by atoms with Crippen molar-refractivity contribution in [2.75, 3.05) is 6.54 Å². The zero-order valence-electron chi connectivity index (χ0n) is 13.2. The van der Waals surface area contributed by atoms with Crippen molar-refractivity contribution in [3.8, 4) is 0 Å². The highest BCUT2D eigenvalue weighted by molar-refractivity contribution is 5.87. The second kappa shape index (κ2) is 8.92. The molecule has 124 valence electrons. The first-order valence-electron chi connectivity index (χ1n) is 8.07. The lowest BCUT2D eigenvalue weighted by atomic mass is 10.1. The molecule has 0 bridgehead atoms. The Labute approximate surface area is 135 Å². The molecule has 6 heteroatoms. The summed E-state index contributed by atoms with van der Waals surface area (Å²) in [6.07, 6.45) is 5.15. The lowest BCUT2D eigenvalue weighted by molar-refractivity contribution is -0.137. The van der Waals surface area contributed by atoms with Crippen molar-refractivity contribution < 1.29 is 14.7 Å². The van der Waals surface area contributed by atoms with Gasteiger partial charge in [-0.3, -0.25) is 14.7 Å². The van der Waals surface area contributed by atoms with Crippen molar-refractivity contribution in [3.05, 3.63) is 30.0 Å². The molecule has 0 radical (unpaired) electrons. The van der Waals surface area contributed by atoms with Crippen LogP contribution in [0.3, 0.4) is 0 Å². The molecule has 0 aliphatic carbocycles. The molecule has 0 atom stereocenters. The fraction of sp³-hybridized carbons (Fsp3) is 0.471. The van der Waals surface area contributed by atoms with Crippen molar-refractivity contribution in [3.63, 3.8) is 0 Å². The van der Waals surface area contributed by atoms with Gasteiger partial charge >= 0.3 is 5.97 Å². The zero-order valence-corrected chi connectivity index (χ0v) is 13.2. The summed E-state index contributed by atoms with van der Waals surface area (Å²) in [6.45, 7) is 0.657. The van der Waals surface area contributed by atoms with Crippen LogP contribution in [-0.4, -0.2) is 33.7 Å². The molecule has 1 amide bonds. The molecule has 1 aromatic heterocycles. The van der Waals surface area contributed by atoms with Crippen molar-refractivity contribution in [1.82, 2.24) is 15.5 Å². The molecule has 2 aromatic rings. The smallest absolute Gasteiger partial charge is 0.303 e. The molecule has 6 nitrogen and oxygen atoms in total. The van der Waals surface area contributed by atoms with Crippen LogP contribution in [0, 0.1) is 0 Å². The number of carboxylic acid groups (broad SMARTS) is 1. The number of amides is 1. The molecular weight excluding hydrogens is 294 g/mol. The summed E-state index contributed by atoms with van der Waals surface area (Å²) < 4.78 is 0. The van der Waals surface area contributed by atoms with E-state index in [0.717, 1.165) is 48.7 Å². The maximum Gasteiger partial charge on any atom is 0.303 e. The van der Waals surface area contributed by atoms with Gasteiger partial charge in [0.05, 0.1) is 17.6 Å². The number of carbonyl (C=O) groups is 2. The first kappa shape index (κ1) is 17.0. The number of aliphatic carboxylic acids is 1. The molecule has 3 N–H and O–H groups in total. The van der Waals surface area contributed by atoms with Crippen LogP contribution in [0.2, 0.25) is 0 Å². The van der Waals surface area contributed by atoms with Gasteiger partial charge in [0.15, 0.2) is 0 Å². The number of aromatic nitrogens is 2. The molecule has 1 aromatic carbocycles. The van der Waals surface area contributed by atoms with Crippen molar-refractivity contribution in [2.45, 2.75) is 44.9 Å². The lowest BCUT2D eigenvalue weighted by Crippen LogP contribution is -2.26. The van der Waals surface area contributed by atoms with Crippen molar-refractivity contribution in [1.29, 1.82) is 0 Å². The third-order valence-electron chi connectivity index (χ3n) is 3.77. The minimum Gasteiger partial charge on any atom is -0.481 e. The molecule has 0 aliphatic heterocycles. The second-order valence-electron chi connectivity index (χ2n) is 5.66. The van der Waals surface area contributed by atoms with Crippen LogP contribution >= 0.6 is 0 Å². The van der Waals surface area contributed by atoms with E-state index < -0.39 is 5.97 Å². The Bertz CT molecular complexity index is 651. The molecular formula is C17H23N3O3. The molecule has 0 unspecified atom stereocenters. The van der Waals surface area contributed by atoms with Gasteiger partial charge in [-0.2, -0.15) is 5.10 Å². The van der Waals surface area contributed by atoms with Crippen LogP contribution in [0.1, 0.15) is 44.2 Å². The Morgan fingerprint density at radius 2 is 1.83 bits per heavy atom. The number of carbonyl (C=O) groups excluding carboxylic acids is 1. The highest BCUT2D eigenvalue weighted by atomic mass is 16.4. The van der Waals surface area contributed by atoms with Gasteiger partial charge < -0.3 is 10.4 Å². The highest BCUT2D eigenvalue weighted by Gasteiger charge is 2.09. The predicted octanol–water partition coefficient (Wildman–Crippen LogP) is 2.65. The Hall–Kier alpha value is -2.37. The van der Waals surface area contributed by atoms with Gasteiger partial charge in [-0.05, 0) is 18.9 Å². The summed E-state index contributed by atoms with van der Waals surface area (Å²) in [5.41, 5.74) is 1.71. The predicted molar refractivity (Wildman–Crippen MR) is 88.1 cm³/mol.